The molecule has 0 aliphatic carbocycles. The van der Waals surface area contributed by atoms with Gasteiger partial charge in [-0.3, -0.25) is 4.99 Å². The van der Waals surface area contributed by atoms with Crippen LogP contribution in [0.1, 0.15) is 36.1 Å². The summed E-state index contributed by atoms with van der Waals surface area (Å²) in [5.74, 6) is 0.783. The third-order valence-electron chi connectivity index (χ3n) is 11.3. The van der Waals surface area contributed by atoms with E-state index in [0.29, 0.717) is 5.84 Å². The number of nitrogens with zero attached hydrogens (tertiary/aromatic N) is 3. The molecule has 3 heterocycles. The first-order valence-corrected chi connectivity index (χ1v) is 18.8. The van der Waals surface area contributed by atoms with Gasteiger partial charge in [-0.2, -0.15) is 0 Å². The van der Waals surface area contributed by atoms with Gasteiger partial charge in [0.25, 0.3) is 0 Å². The van der Waals surface area contributed by atoms with E-state index in [0.717, 1.165) is 61.9 Å². The molecular formula is C50H35N3O. The minimum Gasteiger partial charge on any atom is -0.455 e. The number of furan rings is 1. The van der Waals surface area contributed by atoms with Gasteiger partial charge in [-0.25, -0.2) is 4.99 Å². The lowest BCUT2D eigenvalue weighted by molar-refractivity contribution is 0.532. The number of hydrogen-bond donors (Lipinski definition) is 0. The molecule has 2 aromatic heterocycles. The molecule has 0 saturated carbocycles. The lowest BCUT2D eigenvalue weighted by atomic mass is 9.82. The third kappa shape index (κ3) is 4.77. The number of aromatic nitrogens is 1. The molecular weight excluding hydrogens is 659 g/mol. The van der Waals surface area contributed by atoms with Crippen LogP contribution in [0.2, 0.25) is 0 Å². The number of amidine groups is 1. The Kier molecular flexibility index (Phi) is 6.93. The molecule has 1 aliphatic rings. The largest absolute Gasteiger partial charge is 0.455 e. The van der Waals surface area contributed by atoms with Crippen LogP contribution in [0.3, 0.4) is 0 Å². The zero-order chi connectivity index (χ0) is 35.8. The van der Waals surface area contributed by atoms with Crippen molar-refractivity contribution in [3.05, 3.63) is 187 Å². The average molecular weight is 694 g/mol. The minimum absolute atomic E-state index is 0.0947. The molecule has 0 bridgehead atoms. The van der Waals surface area contributed by atoms with Crippen LogP contribution in [0.25, 0.3) is 71.0 Å². The Bertz CT molecular complexity index is 3160. The van der Waals surface area contributed by atoms with Crippen LogP contribution in [0.4, 0.5) is 0 Å². The van der Waals surface area contributed by atoms with Crippen LogP contribution in [-0.2, 0) is 0 Å². The fourth-order valence-electron chi connectivity index (χ4n) is 8.77. The molecule has 0 radical (unpaired) electrons. The first-order valence-electron chi connectivity index (χ1n) is 18.8. The third-order valence-corrected chi connectivity index (χ3v) is 11.3. The predicted molar refractivity (Wildman–Crippen MR) is 226 cm³/mol. The summed E-state index contributed by atoms with van der Waals surface area (Å²) in [7, 11) is 0. The lowest BCUT2D eigenvalue weighted by Gasteiger charge is -2.30. The van der Waals surface area contributed by atoms with Gasteiger partial charge < -0.3 is 8.98 Å². The molecule has 0 fully saturated rings. The first-order chi connectivity index (χ1) is 26.7. The Morgan fingerprint density at radius 2 is 1.24 bits per heavy atom. The predicted octanol–water partition coefficient (Wildman–Crippen LogP) is 13.0. The molecule has 0 spiro atoms. The molecule has 4 heteroatoms. The second kappa shape index (κ2) is 12.1. The molecule has 1 unspecified atom stereocenters. The molecule has 2 atom stereocenters. The van der Waals surface area contributed by atoms with Crippen LogP contribution in [0.5, 0.6) is 0 Å². The fourth-order valence-corrected chi connectivity index (χ4v) is 8.77. The normalized spacial score (nSPS) is 16.2. The maximum atomic E-state index is 6.78. The molecule has 10 aromatic rings. The topological polar surface area (TPSA) is 42.8 Å². The second-order valence-corrected chi connectivity index (χ2v) is 14.4. The fraction of sp³-hybridized carbons (Fsp3) is 0.0800. The zero-order valence-corrected chi connectivity index (χ0v) is 29.8. The van der Waals surface area contributed by atoms with Gasteiger partial charge in [0, 0.05) is 33.2 Å². The summed E-state index contributed by atoms with van der Waals surface area (Å²) in [5, 5.41) is 9.43. The van der Waals surface area contributed by atoms with E-state index in [1.807, 2.05) is 6.07 Å². The number of para-hydroxylation sites is 2. The zero-order valence-electron chi connectivity index (χ0n) is 29.8. The molecule has 256 valence electrons. The van der Waals surface area contributed by atoms with Crippen LogP contribution in [-0.4, -0.2) is 16.1 Å². The highest BCUT2D eigenvalue weighted by molar-refractivity contribution is 6.22. The number of aliphatic imine (C=N–C) groups is 2. The van der Waals surface area contributed by atoms with Crippen LogP contribution in [0, 0.1) is 5.92 Å². The minimum atomic E-state index is -0.118. The molecule has 54 heavy (non-hydrogen) atoms. The Morgan fingerprint density at radius 1 is 0.556 bits per heavy atom. The average Bonchev–Trinajstić information content (AvgIpc) is 3.77. The monoisotopic (exact) mass is 693 g/mol. The maximum absolute atomic E-state index is 6.78. The Hall–Kier alpha value is -6.78. The molecule has 11 rings (SSSR count). The molecule has 4 nitrogen and oxygen atoms in total. The summed E-state index contributed by atoms with van der Waals surface area (Å²) in [4.78, 5) is 11.1. The van der Waals surface area contributed by atoms with E-state index >= 15 is 0 Å². The van der Waals surface area contributed by atoms with Gasteiger partial charge in [-0.1, -0.05) is 134 Å². The van der Waals surface area contributed by atoms with Gasteiger partial charge in [-0.05, 0) is 81.6 Å². The smallest absolute Gasteiger partial charge is 0.159 e. The summed E-state index contributed by atoms with van der Waals surface area (Å²) in [6.45, 7) is 2.25. The van der Waals surface area contributed by atoms with Gasteiger partial charge in [-0.15, -0.1) is 0 Å². The summed E-state index contributed by atoms with van der Waals surface area (Å²) >= 11 is 0. The van der Waals surface area contributed by atoms with Crippen molar-refractivity contribution in [3.63, 3.8) is 0 Å². The quantitative estimate of drug-likeness (QED) is 0.177. The van der Waals surface area contributed by atoms with E-state index in [1.165, 1.54) is 37.9 Å². The van der Waals surface area contributed by atoms with Crippen molar-refractivity contribution in [1.29, 1.82) is 0 Å². The molecule has 0 N–H and O–H groups in total. The number of hydrogen-bond acceptors (Lipinski definition) is 3. The van der Waals surface area contributed by atoms with Crippen molar-refractivity contribution in [3.8, 4) is 5.69 Å². The molecule has 0 saturated heterocycles. The second-order valence-electron chi connectivity index (χ2n) is 14.4. The van der Waals surface area contributed by atoms with Crippen molar-refractivity contribution >= 4 is 76.8 Å². The Labute approximate surface area is 312 Å². The molecule has 0 amide bonds. The standard InChI is InChI=1S/C50H35N3O/c1-2-38-47(32-15-4-3-5-16-32)51-50(52-48(38)36-25-24-31-14-6-7-17-33(31)26-36)43-30-37(29-42-40-21-11-13-23-46(40)54-49(42)43)53-44-22-12-10-20-39(44)41-27-34-18-8-9-19-35(34)28-45(41)53/h3-30,38,47H,2H2,1H3/t38-,47?/m0/s1. The Morgan fingerprint density at radius 3 is 2.06 bits per heavy atom. The summed E-state index contributed by atoms with van der Waals surface area (Å²) < 4.78 is 9.18. The summed E-state index contributed by atoms with van der Waals surface area (Å²) in [5.41, 5.74) is 9.26. The van der Waals surface area contributed by atoms with Gasteiger partial charge in [0.2, 0.25) is 0 Å². The molecule has 1 aliphatic heterocycles. The van der Waals surface area contributed by atoms with Crippen molar-refractivity contribution in [2.45, 2.75) is 19.4 Å². The van der Waals surface area contributed by atoms with Gasteiger partial charge in [0.15, 0.2) is 5.84 Å². The highest BCUT2D eigenvalue weighted by atomic mass is 16.3. The highest BCUT2D eigenvalue weighted by Crippen LogP contribution is 2.41. The SMILES string of the molecule is CC[C@@H]1C(c2ccc3ccccc3c2)=NC(c2cc(-n3c4ccccc4c4cc5ccccc5cc43)cc3c2oc2ccccc23)=NC1c1ccccc1. The van der Waals surface area contributed by atoms with Crippen molar-refractivity contribution in [1.82, 2.24) is 4.57 Å². The van der Waals surface area contributed by atoms with E-state index in [-0.39, 0.29) is 12.0 Å². The van der Waals surface area contributed by atoms with Gasteiger partial charge in [0.05, 0.1) is 28.4 Å². The van der Waals surface area contributed by atoms with Crippen LogP contribution >= 0.6 is 0 Å². The number of rotatable bonds is 5. The highest BCUT2D eigenvalue weighted by Gasteiger charge is 2.33. The van der Waals surface area contributed by atoms with Gasteiger partial charge in [0.1, 0.15) is 11.2 Å². The van der Waals surface area contributed by atoms with Crippen LogP contribution in [0.15, 0.2) is 184 Å². The summed E-state index contributed by atoms with van der Waals surface area (Å²) in [6.07, 6.45) is 0.900. The maximum Gasteiger partial charge on any atom is 0.159 e. The lowest BCUT2D eigenvalue weighted by Crippen LogP contribution is -2.28. The van der Waals surface area contributed by atoms with Gasteiger partial charge >= 0.3 is 0 Å². The van der Waals surface area contributed by atoms with E-state index in [2.05, 4.69) is 175 Å². The van der Waals surface area contributed by atoms with Crippen molar-refractivity contribution < 1.29 is 4.42 Å². The van der Waals surface area contributed by atoms with E-state index < -0.39 is 0 Å². The first kappa shape index (κ1) is 30.8. The number of benzene rings is 8. The summed E-state index contributed by atoms with van der Waals surface area (Å²) in [6, 6.07) is 60.7. The van der Waals surface area contributed by atoms with Crippen molar-refractivity contribution in [2.24, 2.45) is 15.9 Å². The van der Waals surface area contributed by atoms with Crippen LogP contribution < -0.4 is 0 Å². The molecule has 8 aromatic carbocycles. The van der Waals surface area contributed by atoms with E-state index in [1.54, 1.807) is 0 Å². The van der Waals surface area contributed by atoms with Crippen molar-refractivity contribution in [2.75, 3.05) is 0 Å². The van der Waals surface area contributed by atoms with E-state index in [4.69, 9.17) is 14.4 Å². The Balaban J connectivity index is 1.22. The number of fused-ring (bicyclic) bond motifs is 8. The van der Waals surface area contributed by atoms with E-state index in [9.17, 15) is 0 Å².